The third-order valence-corrected chi connectivity index (χ3v) is 3.18. The first kappa shape index (κ1) is 15.7. The zero-order chi connectivity index (χ0) is 16.6. The molecule has 3 heterocycles. The second kappa shape index (κ2) is 7.89. The van der Waals surface area contributed by atoms with Crippen molar-refractivity contribution in [2.45, 2.75) is 0 Å². The number of thiocarbonyl (C=S) groups is 1. The number of rotatable bonds is 4. The third-order valence-electron chi connectivity index (χ3n) is 2.99. The lowest BCUT2D eigenvalue weighted by atomic mass is 10.1. The molecule has 24 heavy (non-hydrogen) atoms. The summed E-state index contributed by atoms with van der Waals surface area (Å²) in [6.07, 6.45) is 5.10. The number of nitrogens with zero attached hydrogens (tertiary/aromatic N) is 4. The Bertz CT molecular complexity index is 780. The van der Waals surface area contributed by atoms with Gasteiger partial charge in [0.05, 0.1) is 11.4 Å². The van der Waals surface area contributed by atoms with Crippen LogP contribution in [0.1, 0.15) is 11.4 Å². The summed E-state index contributed by atoms with van der Waals surface area (Å²) in [6.45, 7) is 0. The van der Waals surface area contributed by atoms with Crippen molar-refractivity contribution in [3.8, 4) is 0 Å². The average molecular weight is 334 g/mol. The number of anilines is 1. The number of nitrogens with one attached hydrogen (secondary N) is 2. The van der Waals surface area contributed by atoms with E-state index >= 15 is 0 Å². The summed E-state index contributed by atoms with van der Waals surface area (Å²) in [4.78, 5) is 12.8. The van der Waals surface area contributed by atoms with Gasteiger partial charge in [0.15, 0.2) is 5.11 Å². The zero-order valence-electron chi connectivity index (χ0n) is 12.6. The minimum atomic E-state index is 0.332. The van der Waals surface area contributed by atoms with Crippen molar-refractivity contribution in [2.75, 3.05) is 5.32 Å². The van der Waals surface area contributed by atoms with E-state index in [0.717, 1.165) is 0 Å². The first-order valence-electron chi connectivity index (χ1n) is 7.21. The van der Waals surface area contributed by atoms with Gasteiger partial charge in [0.1, 0.15) is 11.5 Å². The predicted octanol–water partition coefficient (Wildman–Crippen LogP) is 2.61. The van der Waals surface area contributed by atoms with Crippen LogP contribution in [0.15, 0.2) is 78.3 Å². The molecule has 0 unspecified atom stereocenters. The van der Waals surface area contributed by atoms with Crippen LogP contribution in [0.2, 0.25) is 0 Å². The molecule has 118 valence electrons. The lowest BCUT2D eigenvalue weighted by molar-refractivity contribution is 1.03. The van der Waals surface area contributed by atoms with Crippen molar-refractivity contribution < 1.29 is 0 Å². The normalized spacial score (nSPS) is 9.83. The maximum atomic E-state index is 5.24. The van der Waals surface area contributed by atoms with Crippen LogP contribution in [0.5, 0.6) is 0 Å². The summed E-state index contributed by atoms with van der Waals surface area (Å²) >= 11 is 5.24. The van der Waals surface area contributed by atoms with Gasteiger partial charge >= 0.3 is 0 Å². The Morgan fingerprint density at radius 1 is 0.792 bits per heavy atom. The number of pyridine rings is 3. The molecule has 0 aliphatic rings. The van der Waals surface area contributed by atoms with E-state index in [4.69, 9.17) is 12.2 Å². The number of aromatic nitrogens is 3. The molecule has 0 atom stereocenters. The fourth-order valence-corrected chi connectivity index (χ4v) is 2.09. The lowest BCUT2D eigenvalue weighted by Gasteiger charge is -2.08. The highest BCUT2D eigenvalue weighted by atomic mass is 32.1. The van der Waals surface area contributed by atoms with E-state index in [-0.39, 0.29) is 0 Å². The molecular weight excluding hydrogens is 320 g/mol. The van der Waals surface area contributed by atoms with Crippen LogP contribution in [0, 0.1) is 0 Å². The first-order chi connectivity index (χ1) is 11.8. The van der Waals surface area contributed by atoms with Crippen LogP contribution in [0.4, 0.5) is 5.82 Å². The van der Waals surface area contributed by atoms with Gasteiger partial charge < -0.3 is 5.32 Å². The first-order valence-corrected chi connectivity index (χ1v) is 7.62. The Hall–Kier alpha value is -3.19. The highest BCUT2D eigenvalue weighted by molar-refractivity contribution is 7.80. The van der Waals surface area contributed by atoms with E-state index in [1.54, 1.807) is 18.6 Å². The van der Waals surface area contributed by atoms with E-state index < -0.39 is 0 Å². The van der Waals surface area contributed by atoms with Gasteiger partial charge in [-0.1, -0.05) is 18.2 Å². The van der Waals surface area contributed by atoms with Gasteiger partial charge in [-0.2, -0.15) is 5.10 Å². The van der Waals surface area contributed by atoms with E-state index in [0.29, 0.717) is 28.0 Å². The molecule has 3 rings (SSSR count). The second-order valence-electron chi connectivity index (χ2n) is 4.67. The summed E-state index contributed by atoms with van der Waals surface area (Å²) in [5, 5.41) is 7.66. The molecule has 3 aromatic rings. The smallest absolute Gasteiger partial charge is 0.192 e. The summed E-state index contributed by atoms with van der Waals surface area (Å²) in [7, 11) is 0. The fraction of sp³-hybridized carbons (Fsp3) is 0. The van der Waals surface area contributed by atoms with Gasteiger partial charge in [-0.25, -0.2) is 4.98 Å². The highest BCUT2D eigenvalue weighted by Crippen LogP contribution is 2.06. The molecule has 7 heteroatoms. The van der Waals surface area contributed by atoms with Crippen LogP contribution in [0.25, 0.3) is 0 Å². The quantitative estimate of drug-likeness (QED) is 0.434. The van der Waals surface area contributed by atoms with Gasteiger partial charge in [-0.15, -0.1) is 0 Å². The maximum absolute atomic E-state index is 5.24. The molecule has 3 aromatic heterocycles. The molecule has 0 aliphatic carbocycles. The topological polar surface area (TPSA) is 75.1 Å². The minimum Gasteiger partial charge on any atom is -0.316 e. The Kier molecular flexibility index (Phi) is 5.16. The predicted molar refractivity (Wildman–Crippen MR) is 97.7 cm³/mol. The van der Waals surface area contributed by atoms with E-state index in [9.17, 15) is 0 Å². The minimum absolute atomic E-state index is 0.332. The molecule has 0 bridgehead atoms. The standard InChI is InChI=1S/C17H14N6S/c24-17(21-15-9-3-6-12-20-15)23-22-16(13-7-1-4-10-18-13)14-8-2-5-11-19-14/h1-12H,(H2,20,21,23,24). The second-order valence-corrected chi connectivity index (χ2v) is 5.08. The highest BCUT2D eigenvalue weighted by Gasteiger charge is 2.09. The Balaban J connectivity index is 1.81. The van der Waals surface area contributed by atoms with Crippen LogP contribution in [0.3, 0.4) is 0 Å². The molecule has 0 spiro atoms. The summed E-state index contributed by atoms with van der Waals surface area (Å²) in [5.74, 6) is 0.641. The Morgan fingerprint density at radius 3 is 1.88 bits per heavy atom. The SMILES string of the molecule is S=C(NN=C(c1ccccn1)c1ccccn1)Nc1ccccn1. The number of hydrazone groups is 1. The van der Waals surface area contributed by atoms with Gasteiger partial charge in [0.25, 0.3) is 0 Å². The lowest BCUT2D eigenvalue weighted by Crippen LogP contribution is -2.26. The average Bonchev–Trinajstić information content (AvgIpc) is 2.64. The molecule has 0 aromatic carbocycles. The van der Waals surface area contributed by atoms with Crippen LogP contribution in [-0.2, 0) is 0 Å². The Morgan fingerprint density at radius 2 is 1.38 bits per heavy atom. The van der Waals surface area contributed by atoms with Crippen molar-refractivity contribution in [1.29, 1.82) is 0 Å². The Labute approximate surface area is 144 Å². The molecule has 0 saturated carbocycles. The van der Waals surface area contributed by atoms with Crippen LogP contribution < -0.4 is 10.7 Å². The molecule has 0 fully saturated rings. The molecule has 0 amide bonds. The van der Waals surface area contributed by atoms with Gasteiger partial charge in [0.2, 0.25) is 0 Å². The van der Waals surface area contributed by atoms with E-state index in [1.165, 1.54) is 0 Å². The molecule has 0 radical (unpaired) electrons. The monoisotopic (exact) mass is 334 g/mol. The molecule has 0 aliphatic heterocycles. The number of hydrogen-bond acceptors (Lipinski definition) is 5. The summed E-state index contributed by atoms with van der Waals surface area (Å²) < 4.78 is 0. The van der Waals surface area contributed by atoms with E-state index in [2.05, 4.69) is 30.8 Å². The van der Waals surface area contributed by atoms with Crippen molar-refractivity contribution in [1.82, 2.24) is 20.4 Å². The molecular formula is C17H14N6S. The molecule has 6 nitrogen and oxygen atoms in total. The summed E-state index contributed by atoms with van der Waals surface area (Å²) in [6, 6.07) is 16.7. The van der Waals surface area contributed by atoms with Gasteiger partial charge in [0, 0.05) is 18.6 Å². The van der Waals surface area contributed by atoms with Crippen molar-refractivity contribution in [3.05, 3.63) is 84.6 Å². The van der Waals surface area contributed by atoms with Crippen LogP contribution >= 0.6 is 12.2 Å². The van der Waals surface area contributed by atoms with Crippen molar-refractivity contribution in [3.63, 3.8) is 0 Å². The summed E-state index contributed by atoms with van der Waals surface area (Å²) in [5.41, 5.74) is 4.81. The largest absolute Gasteiger partial charge is 0.316 e. The van der Waals surface area contributed by atoms with E-state index in [1.807, 2.05) is 54.6 Å². The molecule has 2 N–H and O–H groups in total. The molecule has 0 saturated heterocycles. The van der Waals surface area contributed by atoms with Gasteiger partial charge in [-0.3, -0.25) is 15.4 Å². The number of hydrogen-bond donors (Lipinski definition) is 2. The maximum Gasteiger partial charge on any atom is 0.192 e. The zero-order valence-corrected chi connectivity index (χ0v) is 13.4. The van der Waals surface area contributed by atoms with Crippen LogP contribution in [-0.4, -0.2) is 25.8 Å². The van der Waals surface area contributed by atoms with Crippen molar-refractivity contribution >= 4 is 28.9 Å². The third kappa shape index (κ3) is 4.17. The van der Waals surface area contributed by atoms with Crippen molar-refractivity contribution in [2.24, 2.45) is 5.10 Å². The van der Waals surface area contributed by atoms with Gasteiger partial charge in [-0.05, 0) is 48.6 Å². The fourth-order valence-electron chi connectivity index (χ4n) is 1.94.